The van der Waals surface area contributed by atoms with Gasteiger partial charge in [-0.25, -0.2) is 4.79 Å². The van der Waals surface area contributed by atoms with Crippen molar-refractivity contribution in [3.63, 3.8) is 0 Å². The zero-order chi connectivity index (χ0) is 12.3. The Morgan fingerprint density at radius 3 is 2.53 bits per heavy atom. The van der Waals surface area contributed by atoms with E-state index in [-0.39, 0.29) is 12.4 Å². The third kappa shape index (κ3) is 2.40. The first-order chi connectivity index (χ1) is 8.16. The number of rotatable bonds is 4. The number of esters is 1. The number of aromatic hydroxyl groups is 1. The molecule has 0 spiro atoms. The number of phenols is 1. The molecule has 92 valence electrons. The van der Waals surface area contributed by atoms with Crippen LogP contribution in [0.1, 0.15) is 5.56 Å². The molecule has 0 amide bonds. The maximum absolute atomic E-state index is 11.1. The summed E-state index contributed by atoms with van der Waals surface area (Å²) in [6.45, 7) is 0.685. The molecule has 17 heavy (non-hydrogen) atoms. The molecular weight excluding hydrogens is 224 g/mol. The first-order valence-corrected chi connectivity index (χ1v) is 5.24. The van der Waals surface area contributed by atoms with Gasteiger partial charge in [-0.3, -0.25) is 0 Å². The number of benzene rings is 1. The molecule has 1 saturated heterocycles. The van der Waals surface area contributed by atoms with Crippen molar-refractivity contribution in [2.24, 2.45) is 0 Å². The Bertz CT molecular complexity index is 394. The number of methoxy groups -OCH3 is 1. The van der Waals surface area contributed by atoms with E-state index in [1.807, 2.05) is 0 Å². The van der Waals surface area contributed by atoms with E-state index in [4.69, 9.17) is 9.47 Å². The normalized spacial score (nSPS) is 17.2. The quantitative estimate of drug-likeness (QED) is 0.786. The fourth-order valence-electron chi connectivity index (χ4n) is 1.64. The Kier molecular flexibility index (Phi) is 3.31. The highest BCUT2D eigenvalue weighted by molar-refractivity contribution is 5.70. The third-order valence-electron chi connectivity index (χ3n) is 2.76. The molecule has 0 radical (unpaired) electrons. The summed E-state index contributed by atoms with van der Waals surface area (Å²) >= 11 is 0. The lowest BCUT2D eigenvalue weighted by Crippen LogP contribution is -2.49. The lowest BCUT2D eigenvalue weighted by atomic mass is 9.91. The van der Waals surface area contributed by atoms with Gasteiger partial charge in [0, 0.05) is 0 Å². The maximum atomic E-state index is 11.1. The number of hydrogen-bond acceptors (Lipinski definition) is 5. The van der Waals surface area contributed by atoms with E-state index in [0.717, 1.165) is 5.56 Å². The van der Waals surface area contributed by atoms with E-state index in [1.165, 1.54) is 7.11 Å². The van der Waals surface area contributed by atoms with Crippen LogP contribution in [-0.2, 0) is 24.6 Å². The van der Waals surface area contributed by atoms with Crippen molar-refractivity contribution < 1.29 is 24.1 Å². The summed E-state index contributed by atoms with van der Waals surface area (Å²) in [7, 11) is 1.32. The maximum Gasteiger partial charge on any atom is 0.331 e. The topological polar surface area (TPSA) is 65.0 Å². The minimum Gasteiger partial charge on any atom is -0.508 e. The van der Waals surface area contributed by atoms with Gasteiger partial charge in [0.2, 0.25) is 0 Å². The Hall–Kier alpha value is -1.59. The van der Waals surface area contributed by atoms with E-state index >= 15 is 0 Å². The summed E-state index contributed by atoms with van der Waals surface area (Å²) in [6, 6.07) is 6.68. The molecule has 1 aromatic carbocycles. The van der Waals surface area contributed by atoms with Crippen molar-refractivity contribution in [3.05, 3.63) is 29.8 Å². The second-order valence-corrected chi connectivity index (χ2v) is 3.90. The monoisotopic (exact) mass is 238 g/mol. The van der Waals surface area contributed by atoms with E-state index < -0.39 is 11.6 Å². The number of hydrogen-bond donors (Lipinski definition) is 1. The Morgan fingerprint density at radius 1 is 1.41 bits per heavy atom. The minimum absolute atomic E-state index is 0.110. The van der Waals surface area contributed by atoms with Crippen LogP contribution in [0.4, 0.5) is 0 Å². The van der Waals surface area contributed by atoms with Gasteiger partial charge < -0.3 is 19.3 Å². The van der Waals surface area contributed by atoms with Gasteiger partial charge >= 0.3 is 5.97 Å². The van der Waals surface area contributed by atoms with Crippen LogP contribution in [0.2, 0.25) is 0 Å². The van der Waals surface area contributed by atoms with Gasteiger partial charge in [-0.05, 0) is 17.7 Å². The predicted molar refractivity (Wildman–Crippen MR) is 58.6 cm³/mol. The van der Waals surface area contributed by atoms with Crippen molar-refractivity contribution in [2.45, 2.75) is 5.60 Å². The van der Waals surface area contributed by atoms with Crippen molar-refractivity contribution >= 4 is 5.97 Å². The average Bonchev–Trinajstić information content (AvgIpc) is 2.29. The van der Waals surface area contributed by atoms with Crippen molar-refractivity contribution in [3.8, 4) is 5.75 Å². The number of carbonyl (C=O) groups is 1. The summed E-state index contributed by atoms with van der Waals surface area (Å²) < 4.78 is 15.2. The molecular formula is C12H14O5. The Balaban J connectivity index is 2.08. The first-order valence-electron chi connectivity index (χ1n) is 5.24. The molecule has 1 N–H and O–H groups in total. The molecule has 0 saturated carbocycles. The summed E-state index contributed by atoms with van der Waals surface area (Å²) in [6.07, 6.45) is 0. The van der Waals surface area contributed by atoms with Gasteiger partial charge in [0.25, 0.3) is 0 Å². The highest BCUT2D eigenvalue weighted by atomic mass is 16.6. The van der Waals surface area contributed by atoms with E-state index in [9.17, 15) is 9.90 Å². The fraction of sp³-hybridized carbons (Fsp3) is 0.417. The zero-order valence-electron chi connectivity index (χ0n) is 9.51. The van der Waals surface area contributed by atoms with Crippen LogP contribution in [0.25, 0.3) is 0 Å². The van der Waals surface area contributed by atoms with Gasteiger partial charge in [0.15, 0.2) is 0 Å². The van der Waals surface area contributed by atoms with Gasteiger partial charge in [0.1, 0.15) is 18.0 Å². The SMILES string of the molecule is COC(=O)COC1(c2ccc(O)cc2)COC1. The molecule has 1 aliphatic rings. The second kappa shape index (κ2) is 4.73. The molecule has 2 rings (SSSR count). The average molecular weight is 238 g/mol. The highest BCUT2D eigenvalue weighted by Gasteiger charge is 2.42. The highest BCUT2D eigenvalue weighted by Crippen LogP contribution is 2.34. The lowest BCUT2D eigenvalue weighted by Gasteiger charge is -2.41. The van der Waals surface area contributed by atoms with Crippen LogP contribution in [0.3, 0.4) is 0 Å². The lowest BCUT2D eigenvalue weighted by molar-refractivity contribution is -0.220. The van der Waals surface area contributed by atoms with Crippen LogP contribution in [0, 0.1) is 0 Å². The summed E-state index contributed by atoms with van der Waals surface area (Å²) in [5.41, 5.74) is 0.285. The second-order valence-electron chi connectivity index (χ2n) is 3.90. The smallest absolute Gasteiger partial charge is 0.331 e. The summed E-state index contributed by atoms with van der Waals surface area (Å²) in [5.74, 6) is -0.229. The molecule has 0 bridgehead atoms. The molecule has 1 aliphatic heterocycles. The van der Waals surface area contributed by atoms with Crippen molar-refractivity contribution in [1.82, 2.24) is 0 Å². The molecule has 5 nitrogen and oxygen atoms in total. The molecule has 1 heterocycles. The third-order valence-corrected chi connectivity index (χ3v) is 2.76. The number of carbonyl (C=O) groups excluding carboxylic acids is 1. The molecule has 0 atom stereocenters. The van der Waals surface area contributed by atoms with Crippen LogP contribution < -0.4 is 0 Å². The van der Waals surface area contributed by atoms with Gasteiger partial charge in [0.05, 0.1) is 20.3 Å². The predicted octanol–water partition coefficient (Wildman–Crippen LogP) is 0.807. The van der Waals surface area contributed by atoms with E-state index in [2.05, 4.69) is 4.74 Å². The molecule has 1 aromatic rings. The summed E-state index contributed by atoms with van der Waals surface area (Å²) in [5, 5.41) is 9.22. The zero-order valence-corrected chi connectivity index (χ0v) is 9.51. The van der Waals surface area contributed by atoms with Crippen LogP contribution >= 0.6 is 0 Å². The van der Waals surface area contributed by atoms with Crippen molar-refractivity contribution in [1.29, 1.82) is 0 Å². The Labute approximate surface area is 98.9 Å². The van der Waals surface area contributed by atoms with E-state index in [0.29, 0.717) is 13.2 Å². The number of phenolic OH excluding ortho intramolecular Hbond substituents is 1. The summed E-state index contributed by atoms with van der Waals surface area (Å²) in [4.78, 5) is 11.1. The minimum atomic E-state index is -0.595. The molecule has 1 fully saturated rings. The molecule has 0 aliphatic carbocycles. The largest absolute Gasteiger partial charge is 0.508 e. The standard InChI is InChI=1S/C12H14O5/c1-15-11(14)6-17-12(7-16-8-12)9-2-4-10(13)5-3-9/h2-5,13H,6-8H2,1H3. The number of ether oxygens (including phenoxy) is 3. The van der Waals surface area contributed by atoms with Gasteiger partial charge in [-0.15, -0.1) is 0 Å². The van der Waals surface area contributed by atoms with Gasteiger partial charge in [-0.1, -0.05) is 12.1 Å². The first kappa shape index (κ1) is 11.9. The molecule has 0 unspecified atom stereocenters. The Morgan fingerprint density at radius 2 is 2.06 bits per heavy atom. The fourth-order valence-corrected chi connectivity index (χ4v) is 1.64. The van der Waals surface area contributed by atoms with E-state index in [1.54, 1.807) is 24.3 Å². The van der Waals surface area contributed by atoms with Crippen LogP contribution in [-0.4, -0.2) is 38.0 Å². The molecule has 0 aromatic heterocycles. The van der Waals surface area contributed by atoms with Crippen molar-refractivity contribution in [2.75, 3.05) is 26.9 Å². The van der Waals surface area contributed by atoms with Crippen LogP contribution in [0.5, 0.6) is 5.75 Å². The molecule has 5 heteroatoms. The van der Waals surface area contributed by atoms with Gasteiger partial charge in [-0.2, -0.15) is 0 Å². The van der Waals surface area contributed by atoms with Crippen LogP contribution in [0.15, 0.2) is 24.3 Å².